The predicted octanol–water partition coefficient (Wildman–Crippen LogP) is 2.68. The molecule has 0 saturated carbocycles. The fourth-order valence-corrected chi connectivity index (χ4v) is 2.21. The van der Waals surface area contributed by atoms with Crippen molar-refractivity contribution < 1.29 is 8.78 Å². The van der Waals surface area contributed by atoms with E-state index in [1.807, 2.05) is 6.92 Å². The van der Waals surface area contributed by atoms with Gasteiger partial charge in [0.15, 0.2) is 0 Å². The average molecular weight is 211 g/mol. The van der Waals surface area contributed by atoms with Gasteiger partial charge >= 0.3 is 0 Å². The Balaban J connectivity index is 2.20. The minimum atomic E-state index is -0.484. The molecule has 2 atom stereocenters. The van der Waals surface area contributed by atoms with E-state index in [2.05, 4.69) is 5.32 Å². The summed E-state index contributed by atoms with van der Waals surface area (Å²) < 4.78 is 26.0. The zero-order valence-electron chi connectivity index (χ0n) is 8.76. The standard InChI is InChI=1S/C12H15F2N/c1-8(9-2-3-15-7-9)10-4-11(13)6-12(14)5-10/h4-6,8-9,15H,2-3,7H2,1H3. The molecule has 1 aliphatic heterocycles. The second kappa shape index (κ2) is 4.27. The Kier molecular flexibility index (Phi) is 3.00. The third kappa shape index (κ3) is 2.34. The van der Waals surface area contributed by atoms with E-state index in [9.17, 15) is 8.78 Å². The van der Waals surface area contributed by atoms with Gasteiger partial charge in [0.25, 0.3) is 0 Å². The summed E-state index contributed by atoms with van der Waals surface area (Å²) >= 11 is 0. The average Bonchev–Trinajstić information content (AvgIpc) is 2.67. The molecule has 2 unspecified atom stereocenters. The molecule has 0 spiro atoms. The molecule has 15 heavy (non-hydrogen) atoms. The highest BCUT2D eigenvalue weighted by Crippen LogP contribution is 2.29. The van der Waals surface area contributed by atoms with E-state index in [1.54, 1.807) is 0 Å². The third-order valence-electron chi connectivity index (χ3n) is 3.22. The summed E-state index contributed by atoms with van der Waals surface area (Å²) in [6.45, 7) is 3.98. The lowest BCUT2D eigenvalue weighted by Crippen LogP contribution is -2.14. The molecule has 1 aromatic carbocycles. The normalized spacial score (nSPS) is 23.0. The van der Waals surface area contributed by atoms with Crippen LogP contribution in [-0.2, 0) is 0 Å². The number of halogens is 2. The molecule has 0 radical (unpaired) electrons. The van der Waals surface area contributed by atoms with Crippen LogP contribution >= 0.6 is 0 Å². The van der Waals surface area contributed by atoms with Crippen LogP contribution < -0.4 is 5.32 Å². The van der Waals surface area contributed by atoms with Crippen molar-refractivity contribution in [2.45, 2.75) is 19.3 Å². The van der Waals surface area contributed by atoms with Crippen molar-refractivity contribution in [2.24, 2.45) is 5.92 Å². The van der Waals surface area contributed by atoms with Crippen LogP contribution in [0.2, 0.25) is 0 Å². The van der Waals surface area contributed by atoms with Crippen LogP contribution in [0.15, 0.2) is 18.2 Å². The molecule has 3 heteroatoms. The summed E-state index contributed by atoms with van der Waals surface area (Å²) in [4.78, 5) is 0. The first kappa shape index (κ1) is 10.6. The summed E-state index contributed by atoms with van der Waals surface area (Å²) in [7, 11) is 0. The van der Waals surface area contributed by atoms with Crippen LogP contribution in [0.25, 0.3) is 0 Å². The lowest BCUT2D eigenvalue weighted by molar-refractivity contribution is 0.480. The molecule has 1 saturated heterocycles. The summed E-state index contributed by atoms with van der Waals surface area (Å²) in [6, 6.07) is 3.79. The Hall–Kier alpha value is -0.960. The monoisotopic (exact) mass is 211 g/mol. The first-order chi connectivity index (χ1) is 7.16. The Morgan fingerprint density at radius 2 is 1.93 bits per heavy atom. The van der Waals surface area contributed by atoms with Crippen LogP contribution in [0, 0.1) is 17.6 Å². The maximum atomic E-state index is 13.0. The zero-order chi connectivity index (χ0) is 10.8. The summed E-state index contributed by atoms with van der Waals surface area (Å²) in [5, 5.41) is 3.26. The minimum absolute atomic E-state index is 0.213. The molecule has 82 valence electrons. The molecule has 1 aliphatic rings. The van der Waals surface area contributed by atoms with Crippen molar-refractivity contribution in [1.29, 1.82) is 0 Å². The molecule has 0 aromatic heterocycles. The van der Waals surface area contributed by atoms with E-state index in [0.29, 0.717) is 5.92 Å². The van der Waals surface area contributed by atoms with Crippen LogP contribution in [0.5, 0.6) is 0 Å². The molecular formula is C12H15F2N. The molecule has 1 aromatic rings. The Morgan fingerprint density at radius 3 is 2.47 bits per heavy atom. The fourth-order valence-electron chi connectivity index (χ4n) is 2.21. The Labute approximate surface area is 88.5 Å². The van der Waals surface area contributed by atoms with Crippen molar-refractivity contribution in [2.75, 3.05) is 13.1 Å². The first-order valence-corrected chi connectivity index (χ1v) is 5.33. The lowest BCUT2D eigenvalue weighted by atomic mass is 9.87. The largest absolute Gasteiger partial charge is 0.316 e. The quantitative estimate of drug-likeness (QED) is 0.793. The zero-order valence-corrected chi connectivity index (χ0v) is 8.76. The number of hydrogen-bond acceptors (Lipinski definition) is 1. The van der Waals surface area contributed by atoms with E-state index in [1.165, 1.54) is 12.1 Å². The van der Waals surface area contributed by atoms with Crippen molar-refractivity contribution in [3.05, 3.63) is 35.4 Å². The van der Waals surface area contributed by atoms with Crippen molar-refractivity contribution in [1.82, 2.24) is 5.32 Å². The van der Waals surface area contributed by atoms with E-state index in [4.69, 9.17) is 0 Å². The van der Waals surface area contributed by atoms with Crippen molar-refractivity contribution >= 4 is 0 Å². The number of rotatable bonds is 2. The van der Waals surface area contributed by atoms with E-state index in [-0.39, 0.29) is 5.92 Å². The lowest BCUT2D eigenvalue weighted by Gasteiger charge is -2.18. The van der Waals surface area contributed by atoms with Crippen LogP contribution in [0.3, 0.4) is 0 Å². The minimum Gasteiger partial charge on any atom is -0.316 e. The first-order valence-electron chi connectivity index (χ1n) is 5.33. The molecule has 0 aliphatic carbocycles. The highest BCUT2D eigenvalue weighted by Gasteiger charge is 2.23. The Morgan fingerprint density at radius 1 is 1.27 bits per heavy atom. The van der Waals surface area contributed by atoms with Gasteiger partial charge in [0.2, 0.25) is 0 Å². The molecule has 1 N–H and O–H groups in total. The van der Waals surface area contributed by atoms with Gasteiger partial charge in [-0.3, -0.25) is 0 Å². The topological polar surface area (TPSA) is 12.0 Å². The van der Waals surface area contributed by atoms with E-state index in [0.717, 1.165) is 31.1 Å². The highest BCUT2D eigenvalue weighted by atomic mass is 19.1. The predicted molar refractivity (Wildman–Crippen MR) is 55.7 cm³/mol. The fraction of sp³-hybridized carbons (Fsp3) is 0.500. The van der Waals surface area contributed by atoms with Gasteiger partial charge in [-0.15, -0.1) is 0 Å². The summed E-state index contributed by atoms with van der Waals surface area (Å²) in [5.41, 5.74) is 0.765. The highest BCUT2D eigenvalue weighted by molar-refractivity contribution is 5.22. The van der Waals surface area contributed by atoms with Gasteiger partial charge < -0.3 is 5.32 Å². The third-order valence-corrected chi connectivity index (χ3v) is 3.22. The summed E-state index contributed by atoms with van der Waals surface area (Å²) in [5.74, 6) is -0.262. The Bertz CT molecular complexity index is 325. The van der Waals surface area contributed by atoms with Crippen molar-refractivity contribution in [3.63, 3.8) is 0 Å². The van der Waals surface area contributed by atoms with Gasteiger partial charge in [-0.25, -0.2) is 8.78 Å². The maximum Gasteiger partial charge on any atom is 0.126 e. The molecule has 2 rings (SSSR count). The van der Waals surface area contributed by atoms with Crippen LogP contribution in [-0.4, -0.2) is 13.1 Å². The van der Waals surface area contributed by atoms with Gasteiger partial charge in [-0.1, -0.05) is 6.92 Å². The second-order valence-corrected chi connectivity index (χ2v) is 4.24. The second-order valence-electron chi connectivity index (χ2n) is 4.24. The summed E-state index contributed by atoms with van der Waals surface area (Å²) in [6.07, 6.45) is 1.08. The van der Waals surface area contributed by atoms with Gasteiger partial charge in [0.05, 0.1) is 0 Å². The molecule has 0 bridgehead atoms. The van der Waals surface area contributed by atoms with Crippen LogP contribution in [0.4, 0.5) is 8.78 Å². The molecule has 0 amide bonds. The number of nitrogens with one attached hydrogen (secondary N) is 1. The van der Waals surface area contributed by atoms with Gasteiger partial charge in [0, 0.05) is 6.07 Å². The molecule has 1 nitrogen and oxygen atoms in total. The van der Waals surface area contributed by atoms with Crippen LogP contribution in [0.1, 0.15) is 24.8 Å². The molecule has 1 fully saturated rings. The molecule has 1 heterocycles. The smallest absolute Gasteiger partial charge is 0.126 e. The molecular weight excluding hydrogens is 196 g/mol. The SMILES string of the molecule is CC(c1cc(F)cc(F)c1)C1CCNC1. The van der Waals surface area contributed by atoms with Crippen molar-refractivity contribution in [3.8, 4) is 0 Å². The van der Waals surface area contributed by atoms with Gasteiger partial charge in [0.1, 0.15) is 11.6 Å². The van der Waals surface area contributed by atoms with E-state index >= 15 is 0 Å². The number of benzene rings is 1. The maximum absolute atomic E-state index is 13.0. The van der Waals surface area contributed by atoms with Gasteiger partial charge in [-0.05, 0) is 49.0 Å². The number of hydrogen-bond donors (Lipinski definition) is 1. The van der Waals surface area contributed by atoms with E-state index < -0.39 is 11.6 Å². The van der Waals surface area contributed by atoms with Gasteiger partial charge in [-0.2, -0.15) is 0 Å².